The third-order valence-electron chi connectivity index (χ3n) is 4.71. The maximum absolute atomic E-state index is 5.23. The van der Waals surface area contributed by atoms with E-state index in [1.165, 1.54) is 31.2 Å². The highest BCUT2D eigenvalue weighted by Gasteiger charge is 2.19. The highest BCUT2D eigenvalue weighted by atomic mass is 16.5. The smallest absolute Gasteiger partial charge is 0.118 e. The maximum atomic E-state index is 5.23. The van der Waals surface area contributed by atoms with Gasteiger partial charge in [-0.15, -0.1) is 0 Å². The number of methoxy groups -OCH3 is 1. The van der Waals surface area contributed by atoms with Crippen molar-refractivity contribution in [3.8, 4) is 5.75 Å². The Hall–Kier alpha value is -1.02. The van der Waals surface area contributed by atoms with Crippen LogP contribution in [0.2, 0.25) is 0 Å². The predicted molar refractivity (Wildman–Crippen MR) is 85.2 cm³/mol. The average molecular weight is 275 g/mol. The molecule has 1 unspecified atom stereocenters. The van der Waals surface area contributed by atoms with Crippen LogP contribution >= 0.6 is 0 Å². The molecule has 1 atom stereocenters. The lowest BCUT2D eigenvalue weighted by molar-refractivity contribution is 0.273. The van der Waals surface area contributed by atoms with Gasteiger partial charge in [0.1, 0.15) is 5.75 Å². The summed E-state index contributed by atoms with van der Waals surface area (Å²) in [5, 5.41) is 3.77. The first-order chi connectivity index (χ1) is 9.72. The molecule has 1 aliphatic carbocycles. The SMILES string of the molecule is CCC(NCC1CCC(C)CC1)c1ccc(OC)cc1. The molecule has 1 aromatic carbocycles. The Morgan fingerprint density at radius 3 is 2.35 bits per heavy atom. The molecule has 0 aliphatic heterocycles. The standard InChI is InChI=1S/C18H29NO/c1-4-18(16-9-11-17(20-3)12-10-16)19-13-15-7-5-14(2)6-8-15/h9-12,14-15,18-19H,4-8,13H2,1-3H3. The van der Waals surface area contributed by atoms with Gasteiger partial charge in [-0.3, -0.25) is 0 Å². The summed E-state index contributed by atoms with van der Waals surface area (Å²) in [7, 11) is 1.72. The summed E-state index contributed by atoms with van der Waals surface area (Å²) >= 11 is 0. The normalized spacial score (nSPS) is 24.4. The van der Waals surface area contributed by atoms with Gasteiger partial charge in [-0.2, -0.15) is 0 Å². The summed E-state index contributed by atoms with van der Waals surface area (Å²) in [4.78, 5) is 0. The molecule has 0 saturated heterocycles. The van der Waals surface area contributed by atoms with E-state index < -0.39 is 0 Å². The number of hydrogen-bond acceptors (Lipinski definition) is 2. The second kappa shape index (κ2) is 7.68. The summed E-state index contributed by atoms with van der Waals surface area (Å²) in [6, 6.07) is 8.95. The quantitative estimate of drug-likeness (QED) is 0.821. The minimum atomic E-state index is 0.472. The number of nitrogens with one attached hydrogen (secondary N) is 1. The number of rotatable bonds is 6. The van der Waals surface area contributed by atoms with Crippen molar-refractivity contribution in [2.75, 3.05) is 13.7 Å². The minimum absolute atomic E-state index is 0.472. The molecule has 20 heavy (non-hydrogen) atoms. The third kappa shape index (κ3) is 4.24. The van der Waals surface area contributed by atoms with Crippen molar-refractivity contribution in [3.05, 3.63) is 29.8 Å². The minimum Gasteiger partial charge on any atom is -0.497 e. The summed E-state index contributed by atoms with van der Waals surface area (Å²) in [6.07, 6.45) is 6.74. The van der Waals surface area contributed by atoms with Crippen LogP contribution in [0.25, 0.3) is 0 Å². The van der Waals surface area contributed by atoms with Crippen LogP contribution in [0.3, 0.4) is 0 Å². The van der Waals surface area contributed by atoms with E-state index in [9.17, 15) is 0 Å². The molecule has 2 rings (SSSR count). The Morgan fingerprint density at radius 2 is 1.80 bits per heavy atom. The predicted octanol–water partition coefficient (Wildman–Crippen LogP) is 4.56. The van der Waals surface area contributed by atoms with Crippen LogP contribution in [0.4, 0.5) is 0 Å². The van der Waals surface area contributed by atoms with Crippen LogP contribution < -0.4 is 10.1 Å². The Balaban J connectivity index is 1.85. The lowest BCUT2D eigenvalue weighted by atomic mass is 9.83. The lowest BCUT2D eigenvalue weighted by Crippen LogP contribution is -2.29. The van der Waals surface area contributed by atoms with Crippen LogP contribution in [-0.2, 0) is 0 Å². The molecule has 2 nitrogen and oxygen atoms in total. The van der Waals surface area contributed by atoms with Gasteiger partial charge in [0.25, 0.3) is 0 Å². The molecule has 0 bridgehead atoms. The van der Waals surface area contributed by atoms with Crippen molar-refractivity contribution in [2.45, 2.75) is 52.0 Å². The largest absolute Gasteiger partial charge is 0.497 e. The van der Waals surface area contributed by atoms with E-state index in [0.717, 1.165) is 30.6 Å². The van der Waals surface area contributed by atoms with Crippen LogP contribution in [0, 0.1) is 11.8 Å². The summed E-state index contributed by atoms with van der Waals surface area (Å²) in [5.41, 5.74) is 1.37. The molecule has 1 N–H and O–H groups in total. The molecule has 0 heterocycles. The zero-order chi connectivity index (χ0) is 14.4. The van der Waals surface area contributed by atoms with Gasteiger partial charge in [-0.05, 0) is 55.3 Å². The first-order valence-corrected chi connectivity index (χ1v) is 8.10. The summed E-state index contributed by atoms with van der Waals surface area (Å²) in [6.45, 7) is 5.80. The molecule has 1 aliphatic rings. The van der Waals surface area contributed by atoms with E-state index in [2.05, 4.69) is 43.4 Å². The van der Waals surface area contributed by atoms with Crippen LogP contribution in [0.15, 0.2) is 24.3 Å². The molecule has 0 aromatic heterocycles. The van der Waals surface area contributed by atoms with E-state index in [-0.39, 0.29) is 0 Å². The van der Waals surface area contributed by atoms with Crippen LogP contribution in [0.5, 0.6) is 5.75 Å². The fourth-order valence-corrected chi connectivity index (χ4v) is 3.18. The van der Waals surface area contributed by atoms with Crippen LogP contribution in [0.1, 0.15) is 57.6 Å². The van der Waals surface area contributed by atoms with Gasteiger partial charge in [0.2, 0.25) is 0 Å². The van der Waals surface area contributed by atoms with Crippen molar-refractivity contribution < 1.29 is 4.74 Å². The molecule has 2 heteroatoms. The summed E-state index contributed by atoms with van der Waals surface area (Å²) < 4.78 is 5.23. The molecular weight excluding hydrogens is 246 g/mol. The average Bonchev–Trinajstić information content (AvgIpc) is 2.50. The zero-order valence-electron chi connectivity index (χ0n) is 13.2. The highest BCUT2D eigenvalue weighted by molar-refractivity contribution is 5.29. The number of hydrogen-bond donors (Lipinski definition) is 1. The van der Waals surface area contributed by atoms with E-state index in [4.69, 9.17) is 4.74 Å². The topological polar surface area (TPSA) is 21.3 Å². The first kappa shape index (κ1) is 15.4. The van der Waals surface area contributed by atoms with Crippen molar-refractivity contribution >= 4 is 0 Å². The van der Waals surface area contributed by atoms with Gasteiger partial charge in [0.15, 0.2) is 0 Å². The van der Waals surface area contributed by atoms with Gasteiger partial charge in [-0.25, -0.2) is 0 Å². The maximum Gasteiger partial charge on any atom is 0.118 e. The molecular formula is C18H29NO. The molecule has 0 radical (unpaired) electrons. The van der Waals surface area contributed by atoms with E-state index in [1.807, 2.05) is 0 Å². The van der Waals surface area contributed by atoms with Gasteiger partial charge in [0, 0.05) is 6.04 Å². The Labute approximate surface area is 123 Å². The van der Waals surface area contributed by atoms with Gasteiger partial charge >= 0.3 is 0 Å². The van der Waals surface area contributed by atoms with Crippen LogP contribution in [-0.4, -0.2) is 13.7 Å². The Morgan fingerprint density at radius 1 is 1.15 bits per heavy atom. The second-order valence-corrected chi connectivity index (χ2v) is 6.27. The van der Waals surface area contributed by atoms with E-state index in [0.29, 0.717) is 6.04 Å². The fourth-order valence-electron chi connectivity index (χ4n) is 3.18. The molecule has 0 amide bonds. The molecule has 1 saturated carbocycles. The summed E-state index contributed by atoms with van der Waals surface area (Å²) in [5.74, 6) is 2.75. The highest BCUT2D eigenvalue weighted by Crippen LogP contribution is 2.28. The number of benzene rings is 1. The van der Waals surface area contributed by atoms with Crippen molar-refractivity contribution in [1.29, 1.82) is 0 Å². The fraction of sp³-hybridized carbons (Fsp3) is 0.667. The molecule has 0 spiro atoms. The number of ether oxygens (including phenoxy) is 1. The van der Waals surface area contributed by atoms with Gasteiger partial charge < -0.3 is 10.1 Å². The van der Waals surface area contributed by atoms with Gasteiger partial charge in [-0.1, -0.05) is 38.8 Å². The Kier molecular flexibility index (Phi) is 5.90. The zero-order valence-corrected chi connectivity index (χ0v) is 13.2. The van der Waals surface area contributed by atoms with Gasteiger partial charge in [0.05, 0.1) is 7.11 Å². The van der Waals surface area contributed by atoms with E-state index in [1.54, 1.807) is 7.11 Å². The third-order valence-corrected chi connectivity index (χ3v) is 4.71. The second-order valence-electron chi connectivity index (χ2n) is 6.27. The first-order valence-electron chi connectivity index (χ1n) is 8.10. The van der Waals surface area contributed by atoms with E-state index >= 15 is 0 Å². The van der Waals surface area contributed by atoms with Crippen molar-refractivity contribution in [1.82, 2.24) is 5.32 Å². The molecule has 1 aromatic rings. The lowest BCUT2D eigenvalue weighted by Gasteiger charge is -2.28. The molecule has 1 fully saturated rings. The van der Waals surface area contributed by atoms with Crippen molar-refractivity contribution in [3.63, 3.8) is 0 Å². The van der Waals surface area contributed by atoms with Crippen molar-refractivity contribution in [2.24, 2.45) is 11.8 Å². The monoisotopic (exact) mass is 275 g/mol. The Bertz CT molecular complexity index is 379. The molecule has 112 valence electrons.